The summed E-state index contributed by atoms with van der Waals surface area (Å²) in [7, 11) is 1.31. The van der Waals surface area contributed by atoms with Gasteiger partial charge in [-0.05, 0) is 11.6 Å². The SMILES string of the molecule is COc1cc(Cl)c(CC(F)(F)F)cc1NCC(=O)O. The Morgan fingerprint density at radius 2 is 2.11 bits per heavy atom. The Morgan fingerprint density at radius 1 is 1.47 bits per heavy atom. The second-order valence-electron chi connectivity index (χ2n) is 3.68. The molecule has 4 nitrogen and oxygen atoms in total. The largest absolute Gasteiger partial charge is 0.495 e. The molecule has 1 rings (SSSR count). The summed E-state index contributed by atoms with van der Waals surface area (Å²) in [5.41, 5.74) is -0.00333. The molecule has 106 valence electrons. The number of aliphatic carboxylic acids is 1. The van der Waals surface area contributed by atoms with Crippen LogP contribution in [-0.2, 0) is 11.2 Å². The lowest BCUT2D eigenvalue weighted by molar-refractivity contribution is -0.135. The molecule has 8 heteroatoms. The van der Waals surface area contributed by atoms with Crippen LogP contribution >= 0.6 is 11.6 Å². The first kappa shape index (κ1) is 15.4. The van der Waals surface area contributed by atoms with E-state index in [1.54, 1.807) is 0 Å². The molecule has 0 aliphatic carbocycles. The second kappa shape index (κ2) is 6.01. The number of carboxylic acids is 1. The molecular formula is C11H11ClF3NO3. The number of methoxy groups -OCH3 is 1. The van der Waals surface area contributed by atoms with Gasteiger partial charge in [-0.25, -0.2) is 0 Å². The zero-order valence-corrected chi connectivity index (χ0v) is 10.6. The van der Waals surface area contributed by atoms with Gasteiger partial charge < -0.3 is 15.2 Å². The molecular weight excluding hydrogens is 287 g/mol. The Kier molecular flexibility index (Phi) is 4.88. The van der Waals surface area contributed by atoms with Gasteiger partial charge in [0.2, 0.25) is 0 Å². The van der Waals surface area contributed by atoms with E-state index >= 15 is 0 Å². The summed E-state index contributed by atoms with van der Waals surface area (Å²) in [4.78, 5) is 10.4. The fraction of sp³-hybridized carbons (Fsp3) is 0.364. The van der Waals surface area contributed by atoms with Crippen LogP contribution in [0.1, 0.15) is 5.56 Å². The van der Waals surface area contributed by atoms with Gasteiger partial charge in [0.05, 0.1) is 19.2 Å². The van der Waals surface area contributed by atoms with Crippen LogP contribution in [0, 0.1) is 0 Å². The molecule has 0 amide bonds. The average molecular weight is 298 g/mol. The van der Waals surface area contributed by atoms with Crippen LogP contribution in [0.25, 0.3) is 0 Å². The van der Waals surface area contributed by atoms with Gasteiger partial charge in [-0.3, -0.25) is 4.79 Å². The van der Waals surface area contributed by atoms with Crippen molar-refractivity contribution in [3.05, 3.63) is 22.7 Å². The minimum absolute atomic E-state index is 0.0879. The molecule has 19 heavy (non-hydrogen) atoms. The van der Waals surface area contributed by atoms with Crippen LogP contribution in [0.3, 0.4) is 0 Å². The van der Waals surface area contributed by atoms with E-state index in [-0.39, 0.29) is 22.0 Å². The van der Waals surface area contributed by atoms with Crippen molar-refractivity contribution in [3.63, 3.8) is 0 Å². The minimum atomic E-state index is -4.40. The quantitative estimate of drug-likeness (QED) is 0.877. The first-order valence-electron chi connectivity index (χ1n) is 5.11. The summed E-state index contributed by atoms with van der Waals surface area (Å²) in [6.07, 6.45) is -5.60. The molecule has 0 saturated carbocycles. The van der Waals surface area contributed by atoms with Crippen LogP contribution < -0.4 is 10.1 Å². The van der Waals surface area contributed by atoms with E-state index in [0.29, 0.717) is 0 Å². The van der Waals surface area contributed by atoms with Crippen LogP contribution in [0.5, 0.6) is 5.75 Å². The Balaban J connectivity index is 3.06. The van der Waals surface area contributed by atoms with Crippen molar-refractivity contribution in [1.29, 1.82) is 0 Å². The van der Waals surface area contributed by atoms with E-state index in [1.165, 1.54) is 13.2 Å². The van der Waals surface area contributed by atoms with Crippen molar-refractivity contribution >= 4 is 23.3 Å². The third-order valence-corrected chi connectivity index (χ3v) is 2.54. The number of hydrogen-bond acceptors (Lipinski definition) is 3. The molecule has 0 spiro atoms. The van der Waals surface area contributed by atoms with Crippen molar-refractivity contribution in [2.45, 2.75) is 12.6 Å². The molecule has 0 bridgehead atoms. The molecule has 1 aromatic rings. The van der Waals surface area contributed by atoms with Crippen molar-refractivity contribution in [2.24, 2.45) is 0 Å². The summed E-state index contributed by atoms with van der Waals surface area (Å²) in [6.45, 7) is -0.441. The lowest BCUT2D eigenvalue weighted by atomic mass is 10.1. The smallest absolute Gasteiger partial charge is 0.393 e. The Bertz CT molecular complexity index is 477. The number of ether oxygens (including phenoxy) is 1. The lowest BCUT2D eigenvalue weighted by Gasteiger charge is -2.14. The third-order valence-electron chi connectivity index (χ3n) is 2.19. The highest BCUT2D eigenvalue weighted by Gasteiger charge is 2.29. The summed E-state index contributed by atoms with van der Waals surface area (Å²) < 4.78 is 42.0. The number of rotatable bonds is 5. The zero-order valence-electron chi connectivity index (χ0n) is 9.84. The maximum atomic E-state index is 12.3. The summed E-state index contributed by atoms with van der Waals surface area (Å²) in [5, 5.41) is 10.9. The molecule has 0 unspecified atom stereocenters. The Morgan fingerprint density at radius 3 is 2.58 bits per heavy atom. The Labute approximate surface area is 112 Å². The molecule has 0 aliphatic rings. The summed E-state index contributed by atoms with van der Waals surface area (Å²) >= 11 is 5.72. The van der Waals surface area contributed by atoms with E-state index in [0.717, 1.165) is 6.07 Å². The van der Waals surface area contributed by atoms with Gasteiger partial charge in [-0.1, -0.05) is 11.6 Å². The van der Waals surface area contributed by atoms with Gasteiger partial charge in [0.15, 0.2) is 0 Å². The van der Waals surface area contributed by atoms with E-state index in [9.17, 15) is 18.0 Å². The molecule has 0 atom stereocenters. The van der Waals surface area contributed by atoms with Crippen molar-refractivity contribution in [3.8, 4) is 5.75 Å². The number of carboxylic acid groups (broad SMARTS) is 1. The molecule has 0 radical (unpaired) electrons. The number of benzene rings is 1. The summed E-state index contributed by atoms with van der Waals surface area (Å²) in [6, 6.07) is 2.35. The molecule has 0 fully saturated rings. The zero-order chi connectivity index (χ0) is 14.6. The first-order valence-corrected chi connectivity index (χ1v) is 5.49. The van der Waals surface area contributed by atoms with Gasteiger partial charge in [0, 0.05) is 11.1 Å². The number of anilines is 1. The fourth-order valence-corrected chi connectivity index (χ4v) is 1.65. The average Bonchev–Trinajstić information content (AvgIpc) is 2.27. The van der Waals surface area contributed by atoms with Crippen LogP contribution in [0.15, 0.2) is 12.1 Å². The number of carbonyl (C=O) groups is 1. The van der Waals surface area contributed by atoms with E-state index < -0.39 is 25.1 Å². The minimum Gasteiger partial charge on any atom is -0.495 e. The molecule has 0 heterocycles. The topological polar surface area (TPSA) is 58.6 Å². The number of alkyl halides is 3. The lowest BCUT2D eigenvalue weighted by Crippen LogP contribution is -2.15. The summed E-state index contributed by atoms with van der Waals surface area (Å²) in [5.74, 6) is -0.966. The maximum Gasteiger partial charge on any atom is 0.393 e. The van der Waals surface area contributed by atoms with Crippen molar-refractivity contribution in [1.82, 2.24) is 0 Å². The monoisotopic (exact) mass is 297 g/mol. The maximum absolute atomic E-state index is 12.3. The molecule has 1 aromatic carbocycles. The van der Waals surface area contributed by atoms with Crippen LogP contribution in [-0.4, -0.2) is 30.9 Å². The number of nitrogens with one attached hydrogen (secondary N) is 1. The van der Waals surface area contributed by atoms with Gasteiger partial charge >= 0.3 is 12.1 Å². The standard InChI is InChI=1S/C11H11ClF3NO3/c1-19-9-3-7(12)6(4-11(13,14)15)2-8(9)16-5-10(17)18/h2-3,16H,4-5H2,1H3,(H,17,18). The van der Waals surface area contributed by atoms with E-state index in [1.807, 2.05) is 0 Å². The third kappa shape index (κ3) is 4.86. The second-order valence-corrected chi connectivity index (χ2v) is 4.09. The van der Waals surface area contributed by atoms with Crippen molar-refractivity contribution in [2.75, 3.05) is 19.0 Å². The normalized spacial score (nSPS) is 11.2. The predicted molar refractivity (Wildman–Crippen MR) is 63.9 cm³/mol. The highest BCUT2D eigenvalue weighted by Crippen LogP contribution is 2.34. The molecule has 0 saturated heterocycles. The Hall–Kier alpha value is -1.63. The molecule has 0 aromatic heterocycles. The number of hydrogen-bond donors (Lipinski definition) is 2. The highest BCUT2D eigenvalue weighted by molar-refractivity contribution is 6.31. The molecule has 0 aliphatic heterocycles. The first-order chi connectivity index (χ1) is 8.73. The van der Waals surface area contributed by atoms with Gasteiger partial charge in [-0.15, -0.1) is 0 Å². The molecule has 2 N–H and O–H groups in total. The van der Waals surface area contributed by atoms with Crippen molar-refractivity contribution < 1.29 is 27.8 Å². The number of halogens is 4. The predicted octanol–water partition coefficient (Wildman–Crippen LogP) is 2.95. The van der Waals surface area contributed by atoms with Gasteiger partial charge in [-0.2, -0.15) is 13.2 Å². The van der Waals surface area contributed by atoms with E-state index in [4.69, 9.17) is 21.4 Å². The fourth-order valence-electron chi connectivity index (χ4n) is 1.43. The van der Waals surface area contributed by atoms with Crippen LogP contribution in [0.2, 0.25) is 5.02 Å². The van der Waals surface area contributed by atoms with Crippen LogP contribution in [0.4, 0.5) is 18.9 Å². The van der Waals surface area contributed by atoms with E-state index in [2.05, 4.69) is 5.32 Å². The highest BCUT2D eigenvalue weighted by atomic mass is 35.5. The van der Waals surface area contributed by atoms with Gasteiger partial charge in [0.25, 0.3) is 0 Å². The van der Waals surface area contributed by atoms with Gasteiger partial charge in [0.1, 0.15) is 12.3 Å².